The van der Waals surface area contributed by atoms with Gasteiger partial charge in [-0.25, -0.2) is 4.79 Å². The number of ketones is 1. The number of hydrogen-bond donors (Lipinski definition) is 3. The van der Waals surface area contributed by atoms with Crippen molar-refractivity contribution in [2.24, 2.45) is 0 Å². The number of ether oxygens (including phenoxy) is 1. The standard InChI is InChI=1S/C24H30N4O4/c1-17(29)18-7-5-8-21(14-18)27-24(31)26-20-10-12-28(13-11-20)16-23(30)25-15-19-6-3-4-9-22(19)32-2/h3-9,14,20H,10-13,15-16H2,1-2H3,(H,25,30)(H2,26,27,31). The van der Waals surface area contributed by atoms with E-state index in [1.807, 2.05) is 24.3 Å². The van der Waals surface area contributed by atoms with Gasteiger partial charge in [0.1, 0.15) is 5.75 Å². The van der Waals surface area contributed by atoms with Crippen molar-refractivity contribution in [3.05, 3.63) is 59.7 Å². The van der Waals surface area contributed by atoms with Crippen molar-refractivity contribution in [1.29, 1.82) is 0 Å². The Morgan fingerprint density at radius 1 is 1.06 bits per heavy atom. The van der Waals surface area contributed by atoms with Crippen LogP contribution in [-0.2, 0) is 11.3 Å². The van der Waals surface area contributed by atoms with E-state index in [4.69, 9.17) is 4.74 Å². The zero-order valence-electron chi connectivity index (χ0n) is 18.5. The summed E-state index contributed by atoms with van der Waals surface area (Å²) in [5.74, 6) is 0.671. The summed E-state index contributed by atoms with van der Waals surface area (Å²) >= 11 is 0. The Hall–Kier alpha value is -3.39. The molecule has 0 saturated carbocycles. The number of Topliss-reactive ketones (excluding diaryl/α,β-unsaturated/α-hetero) is 1. The van der Waals surface area contributed by atoms with E-state index in [9.17, 15) is 14.4 Å². The number of methoxy groups -OCH3 is 1. The molecule has 3 amide bonds. The fourth-order valence-corrected chi connectivity index (χ4v) is 3.71. The summed E-state index contributed by atoms with van der Waals surface area (Å²) in [5.41, 5.74) is 2.07. The maximum Gasteiger partial charge on any atom is 0.319 e. The molecule has 3 N–H and O–H groups in total. The number of carbonyl (C=O) groups excluding carboxylic acids is 3. The second-order valence-corrected chi connectivity index (χ2v) is 7.87. The second kappa shape index (κ2) is 11.3. The third-order valence-electron chi connectivity index (χ3n) is 5.49. The van der Waals surface area contributed by atoms with E-state index in [2.05, 4.69) is 20.9 Å². The van der Waals surface area contributed by atoms with E-state index in [1.165, 1.54) is 6.92 Å². The summed E-state index contributed by atoms with van der Waals surface area (Å²) in [6.07, 6.45) is 1.53. The maximum absolute atomic E-state index is 12.3. The highest BCUT2D eigenvalue weighted by molar-refractivity contribution is 5.96. The molecule has 8 heteroatoms. The molecule has 2 aromatic rings. The van der Waals surface area contributed by atoms with E-state index in [-0.39, 0.29) is 23.8 Å². The molecule has 1 aliphatic rings. The predicted molar refractivity (Wildman–Crippen MR) is 123 cm³/mol. The van der Waals surface area contributed by atoms with Gasteiger partial charge in [0.15, 0.2) is 5.78 Å². The van der Waals surface area contributed by atoms with Crippen LogP contribution in [0.4, 0.5) is 10.5 Å². The van der Waals surface area contributed by atoms with Crippen LogP contribution in [0, 0.1) is 0 Å². The number of nitrogens with one attached hydrogen (secondary N) is 3. The number of benzene rings is 2. The summed E-state index contributed by atoms with van der Waals surface area (Å²) in [6, 6.07) is 14.2. The maximum atomic E-state index is 12.3. The number of amides is 3. The van der Waals surface area contributed by atoms with Gasteiger partial charge < -0.3 is 20.7 Å². The molecule has 1 heterocycles. The minimum Gasteiger partial charge on any atom is -0.496 e. The fraction of sp³-hybridized carbons (Fsp3) is 0.375. The minimum atomic E-state index is -0.293. The first-order valence-corrected chi connectivity index (χ1v) is 10.7. The van der Waals surface area contributed by atoms with Crippen LogP contribution >= 0.6 is 0 Å². The number of carbonyl (C=O) groups is 3. The highest BCUT2D eigenvalue weighted by Crippen LogP contribution is 2.17. The Labute approximate surface area is 188 Å². The van der Waals surface area contributed by atoms with Crippen LogP contribution < -0.4 is 20.7 Å². The molecule has 1 fully saturated rings. The number of nitrogens with zero attached hydrogens (tertiary/aromatic N) is 1. The molecule has 0 atom stereocenters. The first-order chi connectivity index (χ1) is 15.4. The van der Waals surface area contributed by atoms with Gasteiger partial charge in [-0.2, -0.15) is 0 Å². The number of likely N-dealkylation sites (tertiary alicyclic amines) is 1. The van der Waals surface area contributed by atoms with Crippen LogP contribution in [0.25, 0.3) is 0 Å². The second-order valence-electron chi connectivity index (χ2n) is 7.87. The Morgan fingerprint density at radius 3 is 2.53 bits per heavy atom. The van der Waals surface area contributed by atoms with Crippen LogP contribution in [0.5, 0.6) is 5.75 Å². The van der Waals surface area contributed by atoms with E-state index in [1.54, 1.807) is 31.4 Å². The van der Waals surface area contributed by atoms with Crippen LogP contribution in [0.3, 0.4) is 0 Å². The first-order valence-electron chi connectivity index (χ1n) is 10.7. The van der Waals surface area contributed by atoms with Gasteiger partial charge in [-0.1, -0.05) is 30.3 Å². The molecule has 1 saturated heterocycles. The Morgan fingerprint density at radius 2 is 1.81 bits per heavy atom. The van der Waals surface area contributed by atoms with E-state index < -0.39 is 0 Å². The fourth-order valence-electron chi connectivity index (χ4n) is 3.71. The topological polar surface area (TPSA) is 99.8 Å². The van der Waals surface area contributed by atoms with E-state index >= 15 is 0 Å². The van der Waals surface area contributed by atoms with Gasteiger partial charge in [0.05, 0.1) is 13.7 Å². The van der Waals surface area contributed by atoms with Crippen molar-refractivity contribution in [2.45, 2.75) is 32.4 Å². The monoisotopic (exact) mass is 438 g/mol. The number of urea groups is 1. The molecular formula is C24H30N4O4. The Bertz CT molecular complexity index is 955. The molecule has 1 aliphatic heterocycles. The number of para-hydroxylation sites is 1. The van der Waals surface area contributed by atoms with Crippen molar-refractivity contribution in [2.75, 3.05) is 32.1 Å². The molecule has 0 unspecified atom stereocenters. The van der Waals surface area contributed by atoms with Crippen LogP contribution in [0.15, 0.2) is 48.5 Å². The van der Waals surface area contributed by atoms with Gasteiger partial charge in [-0.05, 0) is 38.0 Å². The third-order valence-corrected chi connectivity index (χ3v) is 5.49. The normalized spacial score (nSPS) is 14.4. The van der Waals surface area contributed by atoms with E-state index in [0.717, 1.165) is 37.2 Å². The molecule has 0 aromatic heterocycles. The molecule has 3 rings (SSSR count). The van der Waals surface area contributed by atoms with Crippen molar-refractivity contribution < 1.29 is 19.1 Å². The highest BCUT2D eigenvalue weighted by Gasteiger charge is 2.22. The van der Waals surface area contributed by atoms with Crippen LogP contribution in [-0.4, -0.2) is 55.4 Å². The lowest BCUT2D eigenvalue weighted by atomic mass is 10.1. The number of hydrogen-bond acceptors (Lipinski definition) is 5. The van der Waals surface area contributed by atoms with Crippen LogP contribution in [0.2, 0.25) is 0 Å². The van der Waals surface area contributed by atoms with Gasteiger partial charge in [0.25, 0.3) is 0 Å². The number of piperidine rings is 1. The van der Waals surface area contributed by atoms with Gasteiger partial charge in [0, 0.05) is 42.5 Å². The number of rotatable bonds is 8. The third kappa shape index (κ3) is 6.81. The van der Waals surface area contributed by atoms with Crippen molar-refractivity contribution in [3.63, 3.8) is 0 Å². The highest BCUT2D eigenvalue weighted by atomic mass is 16.5. The van der Waals surface area contributed by atoms with Crippen molar-refractivity contribution in [1.82, 2.24) is 15.5 Å². The molecule has 8 nitrogen and oxygen atoms in total. The predicted octanol–water partition coefficient (Wildman–Crippen LogP) is 2.80. The Balaban J connectivity index is 1.38. The largest absolute Gasteiger partial charge is 0.496 e. The molecule has 32 heavy (non-hydrogen) atoms. The van der Waals surface area contributed by atoms with Gasteiger partial charge in [0.2, 0.25) is 5.91 Å². The zero-order valence-corrected chi connectivity index (χ0v) is 18.5. The summed E-state index contributed by atoms with van der Waals surface area (Å²) in [7, 11) is 1.61. The SMILES string of the molecule is COc1ccccc1CNC(=O)CN1CCC(NC(=O)Nc2cccc(C(C)=O)c2)CC1. The summed E-state index contributed by atoms with van der Waals surface area (Å²) in [5, 5.41) is 8.69. The average Bonchev–Trinajstić information content (AvgIpc) is 2.79. The lowest BCUT2D eigenvalue weighted by Crippen LogP contribution is -2.48. The molecule has 170 valence electrons. The molecule has 0 aliphatic carbocycles. The van der Waals surface area contributed by atoms with Gasteiger partial charge >= 0.3 is 6.03 Å². The zero-order chi connectivity index (χ0) is 22.9. The summed E-state index contributed by atoms with van der Waals surface area (Å²) < 4.78 is 5.31. The average molecular weight is 439 g/mol. The minimum absolute atomic E-state index is 0.0367. The molecule has 0 spiro atoms. The quantitative estimate of drug-likeness (QED) is 0.551. The van der Waals surface area contributed by atoms with E-state index in [0.29, 0.717) is 24.3 Å². The summed E-state index contributed by atoms with van der Waals surface area (Å²) in [6.45, 7) is 3.70. The van der Waals surface area contributed by atoms with Gasteiger partial charge in [-0.3, -0.25) is 14.5 Å². The van der Waals surface area contributed by atoms with Crippen LogP contribution in [0.1, 0.15) is 35.7 Å². The smallest absolute Gasteiger partial charge is 0.319 e. The van der Waals surface area contributed by atoms with Crippen molar-refractivity contribution >= 4 is 23.4 Å². The lowest BCUT2D eigenvalue weighted by molar-refractivity contribution is -0.122. The Kier molecular flexibility index (Phi) is 8.21. The molecule has 2 aromatic carbocycles. The lowest BCUT2D eigenvalue weighted by Gasteiger charge is -2.31. The summed E-state index contributed by atoms with van der Waals surface area (Å²) in [4.78, 5) is 38.2. The van der Waals surface area contributed by atoms with Gasteiger partial charge in [-0.15, -0.1) is 0 Å². The van der Waals surface area contributed by atoms with Crippen molar-refractivity contribution in [3.8, 4) is 5.75 Å². The first kappa shape index (κ1) is 23.3. The number of anilines is 1. The molecular weight excluding hydrogens is 408 g/mol. The molecule has 0 radical (unpaired) electrons. The molecule has 0 bridgehead atoms.